The zero-order valence-corrected chi connectivity index (χ0v) is 10.5. The van der Waals surface area contributed by atoms with Gasteiger partial charge in [0, 0.05) is 12.1 Å². The van der Waals surface area contributed by atoms with Gasteiger partial charge in [-0.05, 0) is 6.92 Å². The third-order valence-electron chi connectivity index (χ3n) is 2.36. The van der Waals surface area contributed by atoms with Gasteiger partial charge < -0.3 is 9.26 Å². The summed E-state index contributed by atoms with van der Waals surface area (Å²) < 4.78 is 11.3. The molecule has 0 aromatic carbocycles. The van der Waals surface area contributed by atoms with Gasteiger partial charge in [0.15, 0.2) is 5.65 Å². The van der Waals surface area contributed by atoms with Crippen molar-refractivity contribution in [3.8, 4) is 0 Å². The predicted molar refractivity (Wildman–Crippen MR) is 63.1 cm³/mol. The molecule has 0 saturated heterocycles. The van der Waals surface area contributed by atoms with Gasteiger partial charge in [0.25, 0.3) is 5.56 Å². The minimum absolute atomic E-state index is 0.00696. The van der Waals surface area contributed by atoms with E-state index >= 15 is 0 Å². The van der Waals surface area contributed by atoms with Crippen molar-refractivity contribution in [3.63, 3.8) is 0 Å². The highest BCUT2D eigenvalue weighted by Gasteiger charge is 2.11. The molecule has 96 valence electrons. The SMILES string of the molecule is Cc1cc2nc(COC(=O)C(C)C)cc(=O)n2o1. The van der Waals surface area contributed by atoms with Crippen LogP contribution in [0.15, 0.2) is 21.5 Å². The monoisotopic (exact) mass is 250 g/mol. The lowest BCUT2D eigenvalue weighted by Crippen LogP contribution is -2.16. The van der Waals surface area contributed by atoms with E-state index in [-0.39, 0.29) is 24.1 Å². The van der Waals surface area contributed by atoms with Crippen LogP contribution in [0.25, 0.3) is 5.65 Å². The lowest BCUT2D eigenvalue weighted by Gasteiger charge is -2.06. The molecule has 0 radical (unpaired) electrons. The van der Waals surface area contributed by atoms with Gasteiger partial charge in [-0.1, -0.05) is 13.8 Å². The first-order valence-corrected chi connectivity index (χ1v) is 5.63. The molecule has 0 fully saturated rings. The van der Waals surface area contributed by atoms with Gasteiger partial charge >= 0.3 is 5.97 Å². The topological polar surface area (TPSA) is 73.8 Å². The quantitative estimate of drug-likeness (QED) is 0.767. The number of rotatable bonds is 3. The zero-order chi connectivity index (χ0) is 13.3. The summed E-state index contributed by atoms with van der Waals surface area (Å²) in [5.41, 5.74) is 0.495. The highest BCUT2D eigenvalue weighted by Crippen LogP contribution is 2.06. The number of carbonyl (C=O) groups excluding carboxylic acids is 1. The molecule has 6 heteroatoms. The number of fused-ring (bicyclic) bond motifs is 1. The molecule has 18 heavy (non-hydrogen) atoms. The zero-order valence-electron chi connectivity index (χ0n) is 10.5. The molecule has 2 rings (SSSR count). The fourth-order valence-electron chi connectivity index (χ4n) is 1.46. The van der Waals surface area contributed by atoms with E-state index in [9.17, 15) is 9.59 Å². The standard InChI is InChI=1S/C12H14N2O4/c1-7(2)12(16)17-6-9-5-11(15)14-10(13-9)4-8(3)18-14/h4-5,7H,6H2,1-3H3. The summed E-state index contributed by atoms with van der Waals surface area (Å²) in [5, 5.41) is 0. The molecule has 0 N–H and O–H groups in total. The Kier molecular flexibility index (Phi) is 3.18. The van der Waals surface area contributed by atoms with Gasteiger partial charge in [0.05, 0.1) is 11.6 Å². The molecule has 0 aliphatic heterocycles. The van der Waals surface area contributed by atoms with Crippen molar-refractivity contribution in [1.29, 1.82) is 0 Å². The minimum Gasteiger partial charge on any atom is -0.459 e. The maximum absolute atomic E-state index is 11.7. The Hall–Kier alpha value is -2.11. The Labute approximate surface area is 103 Å². The van der Waals surface area contributed by atoms with E-state index in [4.69, 9.17) is 9.26 Å². The molecule has 0 aliphatic rings. The molecule has 0 saturated carbocycles. The summed E-state index contributed by atoms with van der Waals surface area (Å²) >= 11 is 0. The summed E-state index contributed by atoms with van der Waals surface area (Å²) in [6.07, 6.45) is 0. The smallest absolute Gasteiger partial charge is 0.308 e. The summed E-state index contributed by atoms with van der Waals surface area (Å²) in [6.45, 7) is 5.21. The Morgan fingerprint density at radius 3 is 2.89 bits per heavy atom. The highest BCUT2D eigenvalue weighted by molar-refractivity contribution is 5.71. The van der Waals surface area contributed by atoms with Gasteiger partial charge in [-0.3, -0.25) is 9.59 Å². The van der Waals surface area contributed by atoms with Crippen molar-refractivity contribution >= 4 is 11.6 Å². The largest absolute Gasteiger partial charge is 0.459 e. The summed E-state index contributed by atoms with van der Waals surface area (Å²) in [4.78, 5) is 27.2. The van der Waals surface area contributed by atoms with Gasteiger partial charge in [-0.25, -0.2) is 4.98 Å². The predicted octanol–water partition coefficient (Wildman–Crippen LogP) is 1.30. The van der Waals surface area contributed by atoms with Crippen LogP contribution >= 0.6 is 0 Å². The molecule has 0 amide bonds. The van der Waals surface area contributed by atoms with Gasteiger partial charge in [0.1, 0.15) is 12.4 Å². The number of aromatic nitrogens is 2. The number of esters is 1. The molecular formula is C12H14N2O4. The third-order valence-corrected chi connectivity index (χ3v) is 2.36. The lowest BCUT2D eigenvalue weighted by molar-refractivity contribution is -0.148. The fourth-order valence-corrected chi connectivity index (χ4v) is 1.46. The minimum atomic E-state index is -0.330. The fraction of sp³-hybridized carbons (Fsp3) is 0.417. The lowest BCUT2D eigenvalue weighted by atomic mass is 10.2. The van der Waals surface area contributed by atoms with Crippen LogP contribution in [0.1, 0.15) is 25.3 Å². The second kappa shape index (κ2) is 4.64. The van der Waals surface area contributed by atoms with E-state index in [0.29, 0.717) is 17.1 Å². The van der Waals surface area contributed by atoms with Crippen molar-refractivity contribution < 1.29 is 14.1 Å². The van der Waals surface area contributed by atoms with E-state index in [0.717, 1.165) is 4.57 Å². The molecule has 0 spiro atoms. The number of ether oxygens (including phenoxy) is 1. The van der Waals surface area contributed by atoms with Gasteiger partial charge in [-0.2, -0.15) is 0 Å². The average molecular weight is 250 g/mol. The first-order chi connectivity index (χ1) is 8.47. The van der Waals surface area contributed by atoms with Crippen molar-refractivity contribution in [2.45, 2.75) is 27.4 Å². The van der Waals surface area contributed by atoms with Crippen LogP contribution in [0.3, 0.4) is 0 Å². The van der Waals surface area contributed by atoms with E-state index in [1.807, 2.05) is 0 Å². The molecule has 0 bridgehead atoms. The molecule has 2 aromatic heterocycles. The summed E-state index contributed by atoms with van der Waals surface area (Å²) in [7, 11) is 0. The van der Waals surface area contributed by atoms with Crippen LogP contribution in [0.2, 0.25) is 0 Å². The number of carbonyl (C=O) groups is 1. The van der Waals surface area contributed by atoms with Crippen molar-refractivity contribution in [3.05, 3.63) is 33.9 Å². The Balaban J connectivity index is 2.24. The van der Waals surface area contributed by atoms with E-state index in [2.05, 4.69) is 4.98 Å². The number of aryl methyl sites for hydroxylation is 1. The van der Waals surface area contributed by atoms with Gasteiger partial charge in [0.2, 0.25) is 0 Å². The summed E-state index contributed by atoms with van der Waals surface area (Å²) in [5.74, 6) is 0.0716. The van der Waals surface area contributed by atoms with E-state index in [1.54, 1.807) is 26.8 Å². The van der Waals surface area contributed by atoms with Crippen molar-refractivity contribution in [2.75, 3.05) is 0 Å². The maximum Gasteiger partial charge on any atom is 0.308 e. The van der Waals surface area contributed by atoms with Crippen LogP contribution in [0.5, 0.6) is 0 Å². The van der Waals surface area contributed by atoms with Crippen LogP contribution in [-0.4, -0.2) is 15.5 Å². The molecular weight excluding hydrogens is 236 g/mol. The van der Waals surface area contributed by atoms with Crippen LogP contribution in [0, 0.1) is 12.8 Å². The number of hydrogen-bond donors (Lipinski definition) is 0. The molecule has 2 aromatic rings. The molecule has 0 unspecified atom stereocenters. The third kappa shape index (κ3) is 2.42. The first-order valence-electron chi connectivity index (χ1n) is 5.63. The molecule has 0 aliphatic carbocycles. The van der Waals surface area contributed by atoms with Crippen LogP contribution in [-0.2, 0) is 16.1 Å². The first kappa shape index (κ1) is 12.3. The summed E-state index contributed by atoms with van der Waals surface area (Å²) in [6, 6.07) is 2.94. The number of hydrogen-bond acceptors (Lipinski definition) is 5. The van der Waals surface area contributed by atoms with Crippen molar-refractivity contribution in [1.82, 2.24) is 9.56 Å². The Morgan fingerprint density at radius 1 is 1.50 bits per heavy atom. The molecule has 6 nitrogen and oxygen atoms in total. The maximum atomic E-state index is 11.7. The second-order valence-corrected chi connectivity index (χ2v) is 4.35. The Morgan fingerprint density at radius 2 is 2.22 bits per heavy atom. The van der Waals surface area contributed by atoms with Crippen molar-refractivity contribution in [2.24, 2.45) is 5.92 Å². The van der Waals surface area contributed by atoms with Gasteiger partial charge in [-0.15, -0.1) is 4.57 Å². The number of nitrogens with zero attached hydrogens (tertiary/aromatic N) is 2. The average Bonchev–Trinajstić information content (AvgIpc) is 2.67. The normalized spacial score (nSPS) is 11.1. The second-order valence-electron chi connectivity index (χ2n) is 4.35. The van der Waals surface area contributed by atoms with E-state index < -0.39 is 0 Å². The highest BCUT2D eigenvalue weighted by atomic mass is 16.5. The van der Waals surface area contributed by atoms with E-state index in [1.165, 1.54) is 6.07 Å². The van der Waals surface area contributed by atoms with Crippen LogP contribution < -0.4 is 5.56 Å². The molecule has 2 heterocycles. The molecule has 0 atom stereocenters. The van der Waals surface area contributed by atoms with Crippen LogP contribution in [0.4, 0.5) is 0 Å². The Bertz CT molecular complexity index is 639.